The second kappa shape index (κ2) is 6.70. The Morgan fingerprint density at radius 3 is 2.30 bits per heavy atom. The van der Waals surface area contributed by atoms with Crippen LogP contribution in [-0.2, 0) is 0 Å². The van der Waals surface area contributed by atoms with Crippen molar-refractivity contribution in [1.82, 2.24) is 0 Å². The van der Waals surface area contributed by atoms with E-state index in [-0.39, 0.29) is 5.82 Å². The van der Waals surface area contributed by atoms with E-state index in [2.05, 4.69) is 9.24 Å². The number of hydrogen-bond acceptors (Lipinski definition) is 1. The van der Waals surface area contributed by atoms with Gasteiger partial charge in [-0.15, -0.1) is 9.24 Å². The van der Waals surface area contributed by atoms with Crippen LogP contribution in [0, 0.1) is 5.82 Å². The molecule has 23 heavy (non-hydrogen) atoms. The van der Waals surface area contributed by atoms with Gasteiger partial charge >= 0.3 is 0 Å². The second-order valence-electron chi connectivity index (χ2n) is 5.08. The highest BCUT2D eigenvalue weighted by atomic mass is 35.5. The molecule has 0 saturated carbocycles. The average molecular weight is 345 g/mol. The Morgan fingerprint density at radius 1 is 0.957 bits per heavy atom. The van der Waals surface area contributed by atoms with E-state index in [0.29, 0.717) is 21.9 Å². The van der Waals surface area contributed by atoms with Crippen LogP contribution in [0.4, 0.5) is 4.39 Å². The number of para-hydroxylation sites is 1. The first kappa shape index (κ1) is 16.0. The molecule has 0 saturated heterocycles. The summed E-state index contributed by atoms with van der Waals surface area (Å²) in [7, 11) is 4.12. The zero-order valence-corrected chi connectivity index (χ0v) is 14.4. The molecule has 1 atom stereocenters. The Kier molecular flexibility index (Phi) is 4.66. The van der Waals surface area contributed by atoms with Gasteiger partial charge in [-0.1, -0.05) is 60.1 Å². The van der Waals surface area contributed by atoms with Gasteiger partial charge in [0.15, 0.2) is 0 Å². The number of ether oxygens (including phenoxy) is 1. The van der Waals surface area contributed by atoms with Crippen LogP contribution in [0.3, 0.4) is 0 Å². The molecule has 0 aliphatic heterocycles. The van der Waals surface area contributed by atoms with Gasteiger partial charge < -0.3 is 4.74 Å². The lowest BCUT2D eigenvalue weighted by molar-refractivity contribution is 0.416. The molecule has 0 spiro atoms. The summed E-state index contributed by atoms with van der Waals surface area (Å²) in [6.07, 6.45) is 0. The van der Waals surface area contributed by atoms with Gasteiger partial charge in [-0.3, -0.25) is 0 Å². The number of methoxy groups -OCH3 is 1. The fourth-order valence-electron chi connectivity index (χ4n) is 2.63. The fourth-order valence-corrected chi connectivity index (χ4v) is 3.59. The summed E-state index contributed by atoms with van der Waals surface area (Å²) in [4.78, 5) is 0. The third kappa shape index (κ3) is 2.97. The van der Waals surface area contributed by atoms with Crippen LogP contribution in [0.1, 0.15) is 0 Å². The first-order valence-corrected chi connectivity index (χ1v) is 8.05. The quantitative estimate of drug-likeness (QED) is 0.584. The van der Waals surface area contributed by atoms with Crippen molar-refractivity contribution in [3.63, 3.8) is 0 Å². The maximum absolute atomic E-state index is 14.7. The molecule has 0 bridgehead atoms. The molecular weight excluding hydrogens is 330 g/mol. The van der Waals surface area contributed by atoms with Crippen molar-refractivity contribution in [3.8, 4) is 28.0 Å². The summed E-state index contributed by atoms with van der Waals surface area (Å²) in [6, 6.07) is 18.5. The second-order valence-corrected chi connectivity index (χ2v) is 6.08. The van der Waals surface area contributed by atoms with Gasteiger partial charge in [-0.25, -0.2) is 4.39 Å². The van der Waals surface area contributed by atoms with Gasteiger partial charge in [0.2, 0.25) is 0 Å². The van der Waals surface area contributed by atoms with Crippen LogP contribution in [0.5, 0.6) is 5.75 Å². The van der Waals surface area contributed by atoms with E-state index in [4.69, 9.17) is 16.3 Å². The molecule has 0 N–H and O–H groups in total. The largest absolute Gasteiger partial charge is 0.496 e. The maximum atomic E-state index is 14.7. The molecule has 0 radical (unpaired) electrons. The van der Waals surface area contributed by atoms with Gasteiger partial charge in [0, 0.05) is 16.7 Å². The van der Waals surface area contributed by atoms with Gasteiger partial charge in [-0.2, -0.15) is 0 Å². The fraction of sp³-hybridized carbons (Fsp3) is 0.0526. The van der Waals surface area contributed by atoms with Gasteiger partial charge in [0.05, 0.1) is 12.1 Å². The minimum Gasteiger partial charge on any atom is -0.496 e. The van der Waals surface area contributed by atoms with E-state index in [0.717, 1.165) is 16.4 Å². The van der Waals surface area contributed by atoms with Crippen LogP contribution in [-0.4, -0.2) is 7.11 Å². The standard InChI is InChI=1S/C19H15ClFOP/c1-22-15-10-6-5-9-13(15)18-14(21)11-16(23)17(19(18)20)12-7-3-2-4-8-12/h2-11H,23H2,1H3. The monoisotopic (exact) mass is 344 g/mol. The molecule has 0 fully saturated rings. The smallest absolute Gasteiger partial charge is 0.133 e. The van der Waals surface area contributed by atoms with E-state index in [1.807, 2.05) is 42.5 Å². The van der Waals surface area contributed by atoms with Crippen molar-refractivity contribution in [1.29, 1.82) is 0 Å². The van der Waals surface area contributed by atoms with E-state index < -0.39 is 0 Å². The topological polar surface area (TPSA) is 9.23 Å². The zero-order chi connectivity index (χ0) is 16.4. The molecule has 0 aromatic heterocycles. The Labute approximate surface area is 142 Å². The molecule has 1 unspecified atom stereocenters. The van der Waals surface area contributed by atoms with E-state index in [9.17, 15) is 4.39 Å². The first-order chi connectivity index (χ1) is 11.1. The number of benzene rings is 3. The minimum atomic E-state index is -0.371. The molecule has 3 aromatic carbocycles. The van der Waals surface area contributed by atoms with Crippen LogP contribution in [0.25, 0.3) is 22.3 Å². The summed E-state index contributed by atoms with van der Waals surface area (Å²) in [5, 5.41) is 1.10. The molecule has 1 nitrogen and oxygen atoms in total. The van der Waals surface area contributed by atoms with Gasteiger partial charge in [0.25, 0.3) is 0 Å². The minimum absolute atomic E-state index is 0.356. The Morgan fingerprint density at radius 2 is 1.61 bits per heavy atom. The lowest BCUT2D eigenvalue weighted by Crippen LogP contribution is -2.03. The van der Waals surface area contributed by atoms with Gasteiger partial charge in [0.1, 0.15) is 11.6 Å². The maximum Gasteiger partial charge on any atom is 0.133 e. The van der Waals surface area contributed by atoms with Crippen molar-refractivity contribution in [2.75, 3.05) is 7.11 Å². The molecule has 3 rings (SSSR count). The van der Waals surface area contributed by atoms with Crippen molar-refractivity contribution < 1.29 is 9.13 Å². The van der Waals surface area contributed by atoms with Crippen molar-refractivity contribution in [2.24, 2.45) is 0 Å². The summed E-state index contributed by atoms with van der Waals surface area (Å²) in [6.45, 7) is 0. The van der Waals surface area contributed by atoms with Crippen molar-refractivity contribution >= 4 is 26.1 Å². The SMILES string of the molecule is COc1ccccc1-c1c(F)cc(P)c(-c2ccccc2)c1Cl. The molecule has 116 valence electrons. The predicted octanol–water partition coefficient (Wildman–Crippen LogP) is 5.32. The normalized spacial score (nSPS) is 10.6. The molecule has 0 heterocycles. The summed E-state index contributed by atoms with van der Waals surface area (Å²) in [5.41, 5.74) is 2.74. The molecular formula is C19H15ClFOP. The van der Waals surface area contributed by atoms with Gasteiger partial charge in [-0.05, 0) is 23.0 Å². The van der Waals surface area contributed by atoms with Crippen LogP contribution in [0.15, 0.2) is 60.7 Å². The Balaban J connectivity index is 2.31. The highest BCUT2D eigenvalue weighted by Gasteiger charge is 2.20. The third-order valence-electron chi connectivity index (χ3n) is 3.69. The summed E-state index contributed by atoms with van der Waals surface area (Å²) in [5.74, 6) is 0.216. The van der Waals surface area contributed by atoms with E-state index in [1.54, 1.807) is 19.2 Å². The molecule has 0 aliphatic rings. The average Bonchev–Trinajstić information content (AvgIpc) is 2.56. The predicted molar refractivity (Wildman–Crippen MR) is 98.2 cm³/mol. The molecule has 4 heteroatoms. The third-order valence-corrected chi connectivity index (χ3v) is 4.52. The molecule has 0 amide bonds. The van der Waals surface area contributed by atoms with Crippen LogP contribution >= 0.6 is 20.8 Å². The Hall–Kier alpha value is -1.89. The summed E-state index contributed by atoms with van der Waals surface area (Å²) < 4.78 is 20.0. The first-order valence-electron chi connectivity index (χ1n) is 7.09. The Bertz CT molecular complexity index is 849. The number of rotatable bonds is 3. The number of halogens is 2. The van der Waals surface area contributed by atoms with Crippen LogP contribution in [0.2, 0.25) is 5.02 Å². The molecule has 3 aromatic rings. The van der Waals surface area contributed by atoms with E-state index in [1.165, 1.54) is 6.07 Å². The highest BCUT2D eigenvalue weighted by molar-refractivity contribution is 7.28. The lowest BCUT2D eigenvalue weighted by Gasteiger charge is -2.16. The number of hydrogen-bond donors (Lipinski definition) is 0. The molecule has 0 aliphatic carbocycles. The zero-order valence-electron chi connectivity index (χ0n) is 12.5. The van der Waals surface area contributed by atoms with Crippen molar-refractivity contribution in [2.45, 2.75) is 0 Å². The highest BCUT2D eigenvalue weighted by Crippen LogP contribution is 2.41. The van der Waals surface area contributed by atoms with Crippen LogP contribution < -0.4 is 10.0 Å². The van der Waals surface area contributed by atoms with Crippen molar-refractivity contribution in [3.05, 3.63) is 71.5 Å². The lowest BCUT2D eigenvalue weighted by atomic mass is 9.97. The van der Waals surface area contributed by atoms with E-state index >= 15 is 0 Å². The summed E-state index contributed by atoms with van der Waals surface area (Å²) >= 11 is 6.61.